The number of carbonyl (C=O) groups excluding carboxylic acids is 4. The van der Waals surface area contributed by atoms with E-state index in [1.807, 2.05) is 0 Å². The Morgan fingerprint density at radius 3 is 2.38 bits per heavy atom. The smallest absolute Gasteiger partial charge is 0.327 e. The second kappa shape index (κ2) is 9.40. The number of hydrogen-bond donors (Lipinski definition) is 2. The first-order valence-corrected chi connectivity index (χ1v) is 12.1. The molecule has 2 aliphatic carbocycles. The Kier molecular flexibility index (Phi) is 7.20. The van der Waals surface area contributed by atoms with Crippen LogP contribution in [0.15, 0.2) is 0 Å². The molecular formula is C24H39N3O5. The van der Waals surface area contributed by atoms with Crippen LogP contribution in [0.2, 0.25) is 0 Å². The van der Waals surface area contributed by atoms with Gasteiger partial charge in [0.05, 0.1) is 0 Å². The van der Waals surface area contributed by atoms with Gasteiger partial charge in [0, 0.05) is 6.04 Å². The van der Waals surface area contributed by atoms with E-state index in [1.54, 1.807) is 0 Å². The van der Waals surface area contributed by atoms with Crippen LogP contribution >= 0.6 is 0 Å². The van der Waals surface area contributed by atoms with Crippen molar-refractivity contribution in [1.29, 1.82) is 0 Å². The van der Waals surface area contributed by atoms with Crippen LogP contribution in [0.5, 0.6) is 0 Å². The second-order valence-electron chi connectivity index (χ2n) is 11.1. The van der Waals surface area contributed by atoms with Crippen molar-refractivity contribution >= 4 is 23.8 Å². The first-order chi connectivity index (χ1) is 14.9. The second-order valence-corrected chi connectivity index (χ2v) is 11.1. The minimum Gasteiger partial charge on any atom is -0.451 e. The van der Waals surface area contributed by atoms with Gasteiger partial charge in [-0.05, 0) is 62.7 Å². The standard InChI is InChI=1S/C24H39N3O5/c1-15-8-6-7-9-18(15)25-20(29)16(2)32-19(28)14-27-21(30)24(26-22(27)31)12-10-17(11-13-24)23(3,4)5/h15-18H,6-14H2,1-5H3,(H,25,29)(H,26,31). The zero-order valence-electron chi connectivity index (χ0n) is 20.2. The Morgan fingerprint density at radius 1 is 1.16 bits per heavy atom. The van der Waals surface area contributed by atoms with Crippen molar-refractivity contribution in [3.8, 4) is 0 Å². The first kappa shape index (κ1) is 24.5. The van der Waals surface area contributed by atoms with Crippen molar-refractivity contribution in [2.45, 2.75) is 104 Å². The lowest BCUT2D eigenvalue weighted by atomic mass is 9.67. The number of urea groups is 1. The molecule has 0 radical (unpaired) electrons. The number of amides is 4. The summed E-state index contributed by atoms with van der Waals surface area (Å²) >= 11 is 0. The number of nitrogens with one attached hydrogen (secondary N) is 2. The third kappa shape index (κ3) is 5.26. The molecule has 1 heterocycles. The molecule has 3 fully saturated rings. The van der Waals surface area contributed by atoms with Gasteiger partial charge in [-0.2, -0.15) is 0 Å². The summed E-state index contributed by atoms with van der Waals surface area (Å²) in [5.41, 5.74) is -0.762. The fraction of sp³-hybridized carbons (Fsp3) is 0.833. The maximum atomic E-state index is 13.1. The van der Waals surface area contributed by atoms with E-state index in [0.717, 1.165) is 37.0 Å². The van der Waals surface area contributed by atoms with Crippen LogP contribution in [-0.4, -0.2) is 52.9 Å². The number of nitrogens with zero attached hydrogens (tertiary/aromatic N) is 1. The lowest BCUT2D eigenvalue weighted by molar-refractivity contribution is -0.157. The van der Waals surface area contributed by atoms with E-state index in [-0.39, 0.29) is 23.3 Å². The lowest BCUT2D eigenvalue weighted by Crippen LogP contribution is -2.51. The predicted molar refractivity (Wildman–Crippen MR) is 120 cm³/mol. The van der Waals surface area contributed by atoms with E-state index < -0.39 is 30.2 Å². The third-order valence-corrected chi connectivity index (χ3v) is 7.71. The number of rotatable bonds is 5. The van der Waals surface area contributed by atoms with Crippen molar-refractivity contribution in [2.75, 3.05) is 6.54 Å². The molecule has 2 saturated carbocycles. The molecule has 1 saturated heterocycles. The van der Waals surface area contributed by atoms with Crippen molar-refractivity contribution in [1.82, 2.24) is 15.5 Å². The van der Waals surface area contributed by atoms with Gasteiger partial charge >= 0.3 is 12.0 Å². The van der Waals surface area contributed by atoms with Gasteiger partial charge in [-0.3, -0.25) is 19.3 Å². The van der Waals surface area contributed by atoms with Gasteiger partial charge in [-0.1, -0.05) is 40.5 Å². The molecule has 0 aromatic heterocycles. The maximum Gasteiger partial charge on any atom is 0.327 e. The molecule has 2 N–H and O–H groups in total. The molecule has 3 rings (SSSR count). The molecule has 0 aromatic carbocycles. The minimum atomic E-state index is -0.978. The summed E-state index contributed by atoms with van der Waals surface area (Å²) < 4.78 is 5.26. The number of imide groups is 1. The summed E-state index contributed by atoms with van der Waals surface area (Å²) in [6.07, 6.45) is 6.12. The zero-order valence-corrected chi connectivity index (χ0v) is 20.2. The van der Waals surface area contributed by atoms with E-state index in [1.165, 1.54) is 13.3 Å². The van der Waals surface area contributed by atoms with Gasteiger partial charge in [0.15, 0.2) is 6.10 Å². The van der Waals surface area contributed by atoms with Gasteiger partial charge in [-0.25, -0.2) is 4.79 Å². The molecule has 0 bridgehead atoms. The molecule has 8 nitrogen and oxygen atoms in total. The molecule has 3 unspecified atom stereocenters. The van der Waals surface area contributed by atoms with Crippen molar-refractivity contribution < 1.29 is 23.9 Å². The largest absolute Gasteiger partial charge is 0.451 e. The average Bonchev–Trinajstić information content (AvgIpc) is 2.93. The van der Waals surface area contributed by atoms with Crippen LogP contribution < -0.4 is 10.6 Å². The molecule has 4 amide bonds. The summed E-state index contributed by atoms with van der Waals surface area (Å²) in [7, 11) is 0. The highest BCUT2D eigenvalue weighted by atomic mass is 16.5. The Labute approximate surface area is 191 Å². The monoisotopic (exact) mass is 449 g/mol. The van der Waals surface area contributed by atoms with Gasteiger partial charge in [-0.15, -0.1) is 0 Å². The van der Waals surface area contributed by atoms with E-state index in [2.05, 4.69) is 38.3 Å². The highest BCUT2D eigenvalue weighted by Gasteiger charge is 2.53. The minimum absolute atomic E-state index is 0.0893. The van der Waals surface area contributed by atoms with Crippen LogP contribution in [-0.2, 0) is 19.1 Å². The highest BCUT2D eigenvalue weighted by Crippen LogP contribution is 2.43. The van der Waals surface area contributed by atoms with Gasteiger partial charge < -0.3 is 15.4 Å². The summed E-state index contributed by atoms with van der Waals surface area (Å²) in [6, 6.07) is -0.472. The van der Waals surface area contributed by atoms with E-state index in [0.29, 0.717) is 24.7 Å². The van der Waals surface area contributed by atoms with Gasteiger partial charge in [0.2, 0.25) is 0 Å². The molecule has 0 aromatic rings. The van der Waals surface area contributed by atoms with Crippen molar-refractivity contribution in [3.63, 3.8) is 0 Å². The van der Waals surface area contributed by atoms with E-state index in [4.69, 9.17) is 4.74 Å². The number of ether oxygens (including phenoxy) is 1. The molecule has 180 valence electrons. The Hall–Kier alpha value is -2.12. The van der Waals surface area contributed by atoms with Crippen LogP contribution in [0.4, 0.5) is 4.79 Å². The number of hydrogen-bond acceptors (Lipinski definition) is 5. The number of carbonyl (C=O) groups is 4. The summed E-state index contributed by atoms with van der Waals surface area (Å²) in [6.45, 7) is 9.73. The topological polar surface area (TPSA) is 105 Å². The highest BCUT2D eigenvalue weighted by molar-refractivity contribution is 6.08. The maximum absolute atomic E-state index is 13.1. The molecule has 3 aliphatic rings. The van der Waals surface area contributed by atoms with Crippen LogP contribution in [0.1, 0.15) is 86.0 Å². The Bertz CT molecular complexity index is 751. The first-order valence-electron chi connectivity index (χ1n) is 12.1. The summed E-state index contributed by atoms with van der Waals surface area (Å²) in [5, 5.41) is 5.80. The Morgan fingerprint density at radius 2 is 1.78 bits per heavy atom. The zero-order chi connectivity index (χ0) is 23.7. The quantitative estimate of drug-likeness (QED) is 0.496. The van der Waals surface area contributed by atoms with Crippen molar-refractivity contribution in [2.24, 2.45) is 17.3 Å². The summed E-state index contributed by atoms with van der Waals surface area (Å²) in [4.78, 5) is 51.4. The van der Waals surface area contributed by atoms with Crippen molar-refractivity contribution in [3.05, 3.63) is 0 Å². The van der Waals surface area contributed by atoms with Crippen LogP contribution in [0.3, 0.4) is 0 Å². The average molecular weight is 450 g/mol. The van der Waals surface area contributed by atoms with E-state index >= 15 is 0 Å². The molecule has 3 atom stereocenters. The van der Waals surface area contributed by atoms with Crippen LogP contribution in [0, 0.1) is 17.3 Å². The molecule has 1 spiro atoms. The normalized spacial score (nSPS) is 31.9. The van der Waals surface area contributed by atoms with Crippen LogP contribution in [0.25, 0.3) is 0 Å². The SMILES string of the molecule is CC(OC(=O)CN1C(=O)NC2(CCC(C(C)(C)C)CC2)C1=O)C(=O)NC1CCCCC1C. The third-order valence-electron chi connectivity index (χ3n) is 7.71. The van der Waals surface area contributed by atoms with Gasteiger partial charge in [0.1, 0.15) is 12.1 Å². The van der Waals surface area contributed by atoms with E-state index in [9.17, 15) is 19.2 Å². The fourth-order valence-electron chi connectivity index (χ4n) is 5.38. The molecule has 1 aliphatic heterocycles. The molecule has 8 heteroatoms. The summed E-state index contributed by atoms with van der Waals surface area (Å²) in [5.74, 6) is -0.575. The molecular weight excluding hydrogens is 410 g/mol. The number of esters is 1. The van der Waals surface area contributed by atoms with Gasteiger partial charge in [0.25, 0.3) is 11.8 Å². The lowest BCUT2D eigenvalue weighted by Gasteiger charge is -2.40. The molecule has 32 heavy (non-hydrogen) atoms. The predicted octanol–water partition coefficient (Wildman–Crippen LogP) is 3.14. The fourth-order valence-corrected chi connectivity index (χ4v) is 5.38. The Balaban J connectivity index is 1.52.